The standard InChI is InChI=1S/C18H26N2O/c1-18(15-8-9-15)13-20(12-16-6-4-10-21-16)17-7-3-2-5-14(17)11-19-18/h2-3,5,7,15-16,19H,4,6,8-13H2,1H3. The zero-order chi connectivity index (χ0) is 14.3. The van der Waals surface area contributed by atoms with E-state index in [9.17, 15) is 0 Å². The first kappa shape index (κ1) is 13.6. The molecule has 2 fully saturated rings. The fourth-order valence-electron chi connectivity index (χ4n) is 3.99. The summed E-state index contributed by atoms with van der Waals surface area (Å²) in [5.74, 6) is 0.846. The molecule has 21 heavy (non-hydrogen) atoms. The molecule has 0 amide bonds. The lowest BCUT2D eigenvalue weighted by molar-refractivity contribution is 0.114. The fourth-order valence-corrected chi connectivity index (χ4v) is 3.99. The van der Waals surface area contributed by atoms with Gasteiger partial charge in [0.2, 0.25) is 0 Å². The quantitative estimate of drug-likeness (QED) is 0.924. The molecule has 1 aromatic carbocycles. The van der Waals surface area contributed by atoms with E-state index >= 15 is 0 Å². The molecule has 4 rings (SSSR count). The zero-order valence-corrected chi connectivity index (χ0v) is 13.0. The molecular weight excluding hydrogens is 260 g/mol. The Morgan fingerprint density at radius 2 is 2.14 bits per heavy atom. The Kier molecular flexibility index (Phi) is 3.43. The van der Waals surface area contributed by atoms with Gasteiger partial charge in [-0.15, -0.1) is 0 Å². The van der Waals surface area contributed by atoms with Crippen molar-refractivity contribution in [1.82, 2.24) is 5.32 Å². The number of nitrogens with one attached hydrogen (secondary N) is 1. The molecule has 1 N–H and O–H groups in total. The number of ether oxygens (including phenoxy) is 1. The maximum absolute atomic E-state index is 5.89. The fraction of sp³-hybridized carbons (Fsp3) is 0.667. The van der Waals surface area contributed by atoms with Crippen molar-refractivity contribution in [3.05, 3.63) is 29.8 Å². The molecule has 3 heteroatoms. The summed E-state index contributed by atoms with van der Waals surface area (Å²) in [6.45, 7) is 6.50. The summed E-state index contributed by atoms with van der Waals surface area (Å²) in [4.78, 5) is 2.59. The number of rotatable bonds is 3. The van der Waals surface area contributed by atoms with Crippen molar-refractivity contribution >= 4 is 5.69 Å². The molecule has 0 radical (unpaired) electrons. The van der Waals surface area contributed by atoms with Gasteiger partial charge in [-0.25, -0.2) is 0 Å². The number of anilines is 1. The first-order valence-electron chi connectivity index (χ1n) is 8.44. The Bertz CT molecular complexity index is 508. The van der Waals surface area contributed by atoms with Gasteiger partial charge in [0.1, 0.15) is 0 Å². The van der Waals surface area contributed by atoms with Crippen LogP contribution in [-0.4, -0.2) is 31.3 Å². The number of hydrogen-bond donors (Lipinski definition) is 1. The van der Waals surface area contributed by atoms with Gasteiger partial charge in [-0.3, -0.25) is 0 Å². The van der Waals surface area contributed by atoms with Crippen molar-refractivity contribution in [2.24, 2.45) is 5.92 Å². The number of nitrogens with zero attached hydrogens (tertiary/aromatic N) is 1. The van der Waals surface area contributed by atoms with Crippen molar-refractivity contribution in [3.63, 3.8) is 0 Å². The minimum Gasteiger partial charge on any atom is -0.376 e. The average molecular weight is 286 g/mol. The third-order valence-corrected chi connectivity index (χ3v) is 5.46. The number of benzene rings is 1. The highest BCUT2D eigenvalue weighted by atomic mass is 16.5. The summed E-state index contributed by atoms with van der Waals surface area (Å²) in [7, 11) is 0. The maximum Gasteiger partial charge on any atom is 0.0750 e. The van der Waals surface area contributed by atoms with Crippen LogP contribution < -0.4 is 10.2 Å². The number of fused-ring (bicyclic) bond motifs is 1. The topological polar surface area (TPSA) is 24.5 Å². The molecule has 1 aliphatic carbocycles. The molecule has 1 saturated carbocycles. The first-order chi connectivity index (χ1) is 10.2. The van der Waals surface area contributed by atoms with Crippen molar-refractivity contribution in [1.29, 1.82) is 0 Å². The van der Waals surface area contributed by atoms with E-state index in [1.165, 1.54) is 36.9 Å². The summed E-state index contributed by atoms with van der Waals surface area (Å²) in [6.07, 6.45) is 5.62. The highest BCUT2D eigenvalue weighted by Gasteiger charge is 2.44. The average Bonchev–Trinajstić information content (AvgIpc) is 3.26. The van der Waals surface area contributed by atoms with Gasteiger partial charge in [-0.05, 0) is 50.2 Å². The maximum atomic E-state index is 5.89. The second kappa shape index (κ2) is 5.29. The SMILES string of the molecule is CC1(C2CC2)CN(CC2CCCO2)c2ccccc2CN1. The largest absolute Gasteiger partial charge is 0.376 e. The number of hydrogen-bond acceptors (Lipinski definition) is 3. The second-order valence-electron chi connectivity index (χ2n) is 7.19. The molecule has 0 spiro atoms. The van der Waals surface area contributed by atoms with Crippen molar-refractivity contribution in [3.8, 4) is 0 Å². The third-order valence-electron chi connectivity index (χ3n) is 5.46. The van der Waals surface area contributed by atoms with E-state index in [4.69, 9.17) is 4.74 Å². The predicted octanol–water partition coefficient (Wildman–Crippen LogP) is 2.94. The van der Waals surface area contributed by atoms with Gasteiger partial charge in [0.25, 0.3) is 0 Å². The zero-order valence-electron chi connectivity index (χ0n) is 13.0. The van der Waals surface area contributed by atoms with Crippen LogP contribution in [0.4, 0.5) is 5.69 Å². The van der Waals surface area contributed by atoms with Crippen molar-refractivity contribution < 1.29 is 4.74 Å². The normalized spacial score (nSPS) is 32.8. The lowest BCUT2D eigenvalue weighted by Crippen LogP contribution is -2.52. The van der Waals surface area contributed by atoms with Gasteiger partial charge in [-0.2, -0.15) is 0 Å². The summed E-state index contributed by atoms with van der Waals surface area (Å²) in [6, 6.07) is 8.87. The molecule has 2 heterocycles. The second-order valence-corrected chi connectivity index (χ2v) is 7.19. The lowest BCUT2D eigenvalue weighted by Gasteiger charge is -2.36. The summed E-state index contributed by atoms with van der Waals surface area (Å²) < 4.78 is 5.89. The Balaban J connectivity index is 1.62. The lowest BCUT2D eigenvalue weighted by atomic mass is 9.95. The van der Waals surface area contributed by atoms with Crippen LogP contribution in [0.15, 0.2) is 24.3 Å². The minimum absolute atomic E-state index is 0.248. The van der Waals surface area contributed by atoms with Crippen LogP contribution in [0.2, 0.25) is 0 Å². The molecular formula is C18H26N2O. The first-order valence-corrected chi connectivity index (χ1v) is 8.44. The van der Waals surface area contributed by atoms with E-state index in [0.717, 1.165) is 32.2 Å². The molecule has 2 atom stereocenters. The van der Waals surface area contributed by atoms with E-state index in [1.807, 2.05) is 0 Å². The summed E-state index contributed by atoms with van der Waals surface area (Å²) in [5.41, 5.74) is 3.09. The monoisotopic (exact) mass is 286 g/mol. The Labute approximate surface area is 127 Å². The van der Waals surface area contributed by atoms with Crippen LogP contribution in [0.25, 0.3) is 0 Å². The van der Waals surface area contributed by atoms with Gasteiger partial charge in [-0.1, -0.05) is 18.2 Å². The Morgan fingerprint density at radius 1 is 1.29 bits per heavy atom. The van der Waals surface area contributed by atoms with E-state index in [-0.39, 0.29) is 5.54 Å². The minimum atomic E-state index is 0.248. The van der Waals surface area contributed by atoms with Crippen LogP contribution in [0.5, 0.6) is 0 Å². The van der Waals surface area contributed by atoms with Crippen LogP contribution in [0.1, 0.15) is 38.2 Å². The van der Waals surface area contributed by atoms with Crippen LogP contribution in [0, 0.1) is 5.92 Å². The molecule has 3 nitrogen and oxygen atoms in total. The summed E-state index contributed by atoms with van der Waals surface area (Å²) >= 11 is 0. The van der Waals surface area contributed by atoms with Crippen LogP contribution in [-0.2, 0) is 11.3 Å². The Morgan fingerprint density at radius 3 is 2.90 bits per heavy atom. The van der Waals surface area contributed by atoms with Gasteiger partial charge >= 0.3 is 0 Å². The molecule has 114 valence electrons. The van der Waals surface area contributed by atoms with E-state index in [2.05, 4.69) is 41.4 Å². The molecule has 1 aromatic rings. The number of para-hydroxylation sites is 1. The van der Waals surface area contributed by atoms with Crippen molar-refractivity contribution in [2.45, 2.75) is 50.8 Å². The third kappa shape index (κ3) is 2.69. The van der Waals surface area contributed by atoms with E-state index < -0.39 is 0 Å². The van der Waals surface area contributed by atoms with Gasteiger partial charge < -0.3 is 15.0 Å². The highest BCUT2D eigenvalue weighted by Crippen LogP contribution is 2.42. The highest BCUT2D eigenvalue weighted by molar-refractivity contribution is 5.55. The van der Waals surface area contributed by atoms with Crippen LogP contribution in [0.3, 0.4) is 0 Å². The molecule has 0 bridgehead atoms. The van der Waals surface area contributed by atoms with E-state index in [1.54, 1.807) is 0 Å². The smallest absolute Gasteiger partial charge is 0.0750 e. The molecule has 2 unspecified atom stereocenters. The molecule has 2 aliphatic heterocycles. The predicted molar refractivity (Wildman–Crippen MR) is 85.6 cm³/mol. The van der Waals surface area contributed by atoms with Gasteiger partial charge in [0, 0.05) is 37.5 Å². The Hall–Kier alpha value is -1.06. The summed E-state index contributed by atoms with van der Waals surface area (Å²) in [5, 5.41) is 3.85. The van der Waals surface area contributed by atoms with Gasteiger partial charge in [0.05, 0.1) is 6.10 Å². The molecule has 3 aliphatic rings. The van der Waals surface area contributed by atoms with E-state index in [0.29, 0.717) is 6.10 Å². The van der Waals surface area contributed by atoms with Crippen LogP contribution >= 0.6 is 0 Å². The van der Waals surface area contributed by atoms with Crippen molar-refractivity contribution in [2.75, 3.05) is 24.6 Å². The molecule has 1 saturated heterocycles. The molecule has 0 aromatic heterocycles. The van der Waals surface area contributed by atoms with Gasteiger partial charge in [0.15, 0.2) is 0 Å².